The number of carbonyl (C=O) groups excluding carboxylic acids is 1. The summed E-state index contributed by atoms with van der Waals surface area (Å²) < 4.78 is 10.5. The molecular weight excluding hydrogens is 362 g/mol. The summed E-state index contributed by atoms with van der Waals surface area (Å²) in [7, 11) is 1.40. The fraction of sp³-hybridized carbons (Fsp3) is 0.160. The lowest BCUT2D eigenvalue weighted by molar-refractivity contribution is 0.0600. The van der Waals surface area contributed by atoms with Crippen molar-refractivity contribution in [2.45, 2.75) is 13.3 Å². The molecule has 0 saturated heterocycles. The quantitative estimate of drug-likeness (QED) is 0.439. The highest BCUT2D eigenvalue weighted by molar-refractivity contribution is 5.92. The first-order valence-electron chi connectivity index (χ1n) is 9.69. The monoisotopic (exact) mass is 385 g/mol. The summed E-state index contributed by atoms with van der Waals surface area (Å²) in [5.74, 6) is 0.524. The third-order valence-corrected chi connectivity index (χ3v) is 4.98. The zero-order chi connectivity index (χ0) is 20.2. The second-order valence-electron chi connectivity index (χ2n) is 6.85. The number of hydrogen-bond donors (Lipinski definition) is 1. The van der Waals surface area contributed by atoms with Crippen LogP contribution in [0.4, 0.5) is 0 Å². The Labute approximate surface area is 170 Å². The molecular formula is C25H23NO3. The number of H-pyrrole nitrogens is 1. The average Bonchev–Trinajstić information content (AvgIpc) is 3.12. The molecule has 4 aromatic rings. The molecule has 0 aliphatic heterocycles. The van der Waals surface area contributed by atoms with Crippen LogP contribution in [0.3, 0.4) is 0 Å². The fourth-order valence-corrected chi connectivity index (χ4v) is 3.66. The van der Waals surface area contributed by atoms with Gasteiger partial charge in [0, 0.05) is 23.4 Å². The van der Waals surface area contributed by atoms with Gasteiger partial charge in [-0.25, -0.2) is 4.79 Å². The van der Waals surface area contributed by atoms with Gasteiger partial charge in [0.2, 0.25) is 0 Å². The first kappa shape index (κ1) is 18.8. The lowest BCUT2D eigenvalue weighted by Crippen LogP contribution is -2.02. The molecule has 0 unspecified atom stereocenters. The van der Waals surface area contributed by atoms with E-state index in [4.69, 9.17) is 9.47 Å². The van der Waals surface area contributed by atoms with E-state index in [1.165, 1.54) is 12.7 Å². The van der Waals surface area contributed by atoms with Gasteiger partial charge in [-0.1, -0.05) is 42.5 Å². The molecule has 4 rings (SSSR count). The minimum Gasteiger partial charge on any atom is -0.494 e. The molecule has 1 heterocycles. The van der Waals surface area contributed by atoms with Gasteiger partial charge < -0.3 is 14.5 Å². The lowest BCUT2D eigenvalue weighted by atomic mass is 9.97. The third kappa shape index (κ3) is 3.87. The van der Waals surface area contributed by atoms with Crippen LogP contribution in [0.5, 0.6) is 5.75 Å². The van der Waals surface area contributed by atoms with Crippen molar-refractivity contribution in [3.63, 3.8) is 0 Å². The Balaban J connectivity index is 1.82. The summed E-state index contributed by atoms with van der Waals surface area (Å²) in [6, 6.07) is 24.0. The predicted molar refractivity (Wildman–Crippen MR) is 115 cm³/mol. The SMILES string of the molecule is CCOc1ccc2c(Cc3cccc(C(=O)OC)c3)c(-c3ccccc3)[nH]c2c1. The summed E-state index contributed by atoms with van der Waals surface area (Å²) >= 11 is 0. The van der Waals surface area contributed by atoms with Crippen molar-refractivity contribution in [1.82, 2.24) is 4.98 Å². The molecule has 0 saturated carbocycles. The van der Waals surface area contributed by atoms with Gasteiger partial charge in [-0.2, -0.15) is 0 Å². The Morgan fingerprint density at radius 2 is 1.79 bits per heavy atom. The largest absolute Gasteiger partial charge is 0.494 e. The molecule has 1 aromatic heterocycles. The van der Waals surface area contributed by atoms with Crippen LogP contribution in [-0.4, -0.2) is 24.7 Å². The summed E-state index contributed by atoms with van der Waals surface area (Å²) in [5.41, 5.74) is 6.05. The summed E-state index contributed by atoms with van der Waals surface area (Å²) in [5, 5.41) is 1.15. The van der Waals surface area contributed by atoms with E-state index in [9.17, 15) is 4.79 Å². The van der Waals surface area contributed by atoms with Gasteiger partial charge >= 0.3 is 5.97 Å². The third-order valence-electron chi connectivity index (χ3n) is 4.98. The van der Waals surface area contributed by atoms with Crippen LogP contribution in [0.2, 0.25) is 0 Å². The number of methoxy groups -OCH3 is 1. The van der Waals surface area contributed by atoms with Gasteiger partial charge in [0.1, 0.15) is 5.75 Å². The summed E-state index contributed by atoms with van der Waals surface area (Å²) in [4.78, 5) is 15.5. The van der Waals surface area contributed by atoms with Crippen molar-refractivity contribution in [3.05, 3.63) is 89.5 Å². The molecule has 0 spiro atoms. The van der Waals surface area contributed by atoms with Crippen molar-refractivity contribution in [1.29, 1.82) is 0 Å². The van der Waals surface area contributed by atoms with Crippen LogP contribution in [0, 0.1) is 0 Å². The molecule has 146 valence electrons. The van der Waals surface area contributed by atoms with Gasteiger partial charge in [0.25, 0.3) is 0 Å². The molecule has 0 fully saturated rings. The standard InChI is InChI=1S/C25H23NO3/c1-3-29-20-12-13-21-22(15-17-8-7-11-19(14-17)25(27)28-2)24(26-23(21)16-20)18-9-5-4-6-10-18/h4-14,16,26H,3,15H2,1-2H3. The lowest BCUT2D eigenvalue weighted by Gasteiger charge is -2.08. The number of aromatic amines is 1. The first-order valence-corrected chi connectivity index (χ1v) is 9.69. The second kappa shape index (κ2) is 8.23. The van der Waals surface area contributed by atoms with Crippen LogP contribution in [-0.2, 0) is 11.2 Å². The van der Waals surface area contributed by atoms with E-state index >= 15 is 0 Å². The van der Waals surface area contributed by atoms with Crippen LogP contribution in [0.1, 0.15) is 28.4 Å². The Morgan fingerprint density at radius 1 is 0.966 bits per heavy atom. The molecule has 1 N–H and O–H groups in total. The molecule has 3 aromatic carbocycles. The highest BCUT2D eigenvalue weighted by Gasteiger charge is 2.15. The van der Waals surface area contributed by atoms with Crippen LogP contribution >= 0.6 is 0 Å². The smallest absolute Gasteiger partial charge is 0.337 e. The Morgan fingerprint density at radius 3 is 2.55 bits per heavy atom. The van der Waals surface area contributed by atoms with Crippen molar-refractivity contribution >= 4 is 16.9 Å². The van der Waals surface area contributed by atoms with Gasteiger partial charge in [-0.15, -0.1) is 0 Å². The summed E-state index contributed by atoms with van der Waals surface area (Å²) in [6.45, 7) is 2.61. The maximum atomic E-state index is 11.9. The maximum absolute atomic E-state index is 11.9. The van der Waals surface area contributed by atoms with Crippen LogP contribution < -0.4 is 4.74 Å². The molecule has 0 aliphatic carbocycles. The molecule has 0 amide bonds. The van der Waals surface area contributed by atoms with E-state index in [-0.39, 0.29) is 5.97 Å². The highest BCUT2D eigenvalue weighted by atomic mass is 16.5. The molecule has 4 heteroatoms. The second-order valence-corrected chi connectivity index (χ2v) is 6.85. The van der Waals surface area contributed by atoms with Crippen molar-refractivity contribution in [3.8, 4) is 17.0 Å². The van der Waals surface area contributed by atoms with Gasteiger partial charge in [0.15, 0.2) is 0 Å². The summed E-state index contributed by atoms with van der Waals surface area (Å²) in [6.07, 6.45) is 0.697. The zero-order valence-corrected chi connectivity index (χ0v) is 16.6. The number of esters is 1. The first-order chi connectivity index (χ1) is 14.2. The van der Waals surface area contributed by atoms with Crippen molar-refractivity contribution < 1.29 is 14.3 Å². The van der Waals surface area contributed by atoms with E-state index in [1.54, 1.807) is 6.07 Å². The Kier molecular flexibility index (Phi) is 5.34. The van der Waals surface area contributed by atoms with Gasteiger partial charge in [-0.05, 0) is 47.9 Å². The molecule has 0 bridgehead atoms. The van der Waals surface area contributed by atoms with E-state index in [0.29, 0.717) is 18.6 Å². The van der Waals surface area contributed by atoms with Crippen LogP contribution in [0.15, 0.2) is 72.8 Å². The maximum Gasteiger partial charge on any atom is 0.337 e. The number of hydrogen-bond acceptors (Lipinski definition) is 3. The number of fused-ring (bicyclic) bond motifs is 1. The predicted octanol–water partition coefficient (Wildman–Crippen LogP) is 5.61. The molecule has 4 nitrogen and oxygen atoms in total. The molecule has 29 heavy (non-hydrogen) atoms. The number of ether oxygens (including phenoxy) is 2. The van der Waals surface area contributed by atoms with Crippen LogP contribution in [0.25, 0.3) is 22.2 Å². The number of carbonyl (C=O) groups is 1. The van der Waals surface area contributed by atoms with E-state index in [2.05, 4.69) is 23.2 Å². The minimum absolute atomic E-state index is 0.324. The normalized spacial score (nSPS) is 10.8. The molecule has 0 atom stereocenters. The topological polar surface area (TPSA) is 51.3 Å². The number of nitrogens with one attached hydrogen (secondary N) is 1. The highest BCUT2D eigenvalue weighted by Crippen LogP contribution is 2.34. The van der Waals surface area contributed by atoms with E-state index in [0.717, 1.165) is 33.5 Å². The van der Waals surface area contributed by atoms with Gasteiger partial charge in [-0.3, -0.25) is 0 Å². The van der Waals surface area contributed by atoms with Gasteiger partial charge in [0.05, 0.1) is 25.0 Å². The fourth-order valence-electron chi connectivity index (χ4n) is 3.66. The molecule has 0 radical (unpaired) electrons. The number of benzene rings is 3. The molecule has 0 aliphatic rings. The number of rotatable bonds is 6. The van der Waals surface area contributed by atoms with Crippen molar-refractivity contribution in [2.75, 3.05) is 13.7 Å². The zero-order valence-electron chi connectivity index (χ0n) is 16.6. The van der Waals surface area contributed by atoms with Crippen molar-refractivity contribution in [2.24, 2.45) is 0 Å². The Hall–Kier alpha value is -3.53. The number of aromatic nitrogens is 1. The Bertz CT molecular complexity index is 1150. The van der Waals surface area contributed by atoms with E-state index < -0.39 is 0 Å². The van der Waals surface area contributed by atoms with E-state index in [1.807, 2.05) is 55.5 Å². The average molecular weight is 385 g/mol. The minimum atomic E-state index is -0.324.